The van der Waals surface area contributed by atoms with E-state index in [4.69, 9.17) is 4.42 Å². The monoisotopic (exact) mass is 262 g/mol. The average Bonchev–Trinajstić information content (AvgIpc) is 3.05. The van der Waals surface area contributed by atoms with Gasteiger partial charge in [-0.25, -0.2) is 4.98 Å². The van der Waals surface area contributed by atoms with Gasteiger partial charge in [0.2, 0.25) is 5.89 Å². The number of fused-ring (bicyclic) bond motifs is 1. The van der Waals surface area contributed by atoms with Gasteiger partial charge in [-0.2, -0.15) is 0 Å². The zero-order valence-corrected chi connectivity index (χ0v) is 11.4. The van der Waals surface area contributed by atoms with Crippen molar-refractivity contribution in [3.63, 3.8) is 0 Å². The fourth-order valence-corrected chi connectivity index (χ4v) is 3.49. The van der Waals surface area contributed by atoms with Gasteiger partial charge in [0.05, 0.1) is 12.7 Å². The lowest BCUT2D eigenvalue weighted by atomic mass is 9.94. The van der Waals surface area contributed by atoms with E-state index in [1.54, 1.807) is 4.88 Å². The van der Waals surface area contributed by atoms with Crippen molar-refractivity contribution in [2.45, 2.75) is 45.2 Å². The Kier molecular flexibility index (Phi) is 3.48. The molecule has 0 aliphatic heterocycles. The highest BCUT2D eigenvalue weighted by atomic mass is 32.1. The van der Waals surface area contributed by atoms with Crippen LogP contribution in [0.2, 0.25) is 0 Å². The molecule has 0 spiro atoms. The minimum atomic E-state index is 0.469. The quantitative estimate of drug-likeness (QED) is 0.917. The summed E-state index contributed by atoms with van der Waals surface area (Å²) in [5.74, 6) is 1.76. The van der Waals surface area contributed by atoms with Crippen molar-refractivity contribution < 1.29 is 4.42 Å². The van der Waals surface area contributed by atoms with Gasteiger partial charge in [-0.3, -0.25) is 0 Å². The molecule has 1 atom stereocenters. The number of hydrogen-bond acceptors (Lipinski definition) is 4. The normalized spacial score (nSPS) is 18.8. The number of nitrogens with zero attached hydrogens (tertiary/aromatic N) is 1. The second-order valence-corrected chi connectivity index (χ2v) is 5.70. The number of aromatic nitrogens is 1. The molecule has 0 fully saturated rings. The van der Waals surface area contributed by atoms with Crippen molar-refractivity contribution in [1.82, 2.24) is 10.3 Å². The van der Waals surface area contributed by atoms with Gasteiger partial charge in [0.1, 0.15) is 5.76 Å². The largest absolute Gasteiger partial charge is 0.444 e. The predicted molar refractivity (Wildman–Crippen MR) is 72.7 cm³/mol. The third-order valence-corrected chi connectivity index (χ3v) is 4.50. The van der Waals surface area contributed by atoms with Crippen LogP contribution in [0.15, 0.2) is 22.1 Å². The van der Waals surface area contributed by atoms with Crippen LogP contribution in [0.4, 0.5) is 0 Å². The maximum absolute atomic E-state index is 5.62. The zero-order chi connectivity index (χ0) is 12.4. The molecule has 3 rings (SSSR count). The molecular formula is C14H18N2OS. The fourth-order valence-electron chi connectivity index (χ4n) is 2.50. The molecule has 96 valence electrons. The topological polar surface area (TPSA) is 38.1 Å². The van der Waals surface area contributed by atoms with Gasteiger partial charge in [-0.05, 0) is 36.3 Å². The molecule has 0 radical (unpaired) electrons. The molecule has 18 heavy (non-hydrogen) atoms. The lowest BCUT2D eigenvalue weighted by Crippen LogP contribution is -2.23. The van der Waals surface area contributed by atoms with Crippen LogP contribution in [0.5, 0.6) is 0 Å². The van der Waals surface area contributed by atoms with Crippen LogP contribution in [0.1, 0.15) is 47.9 Å². The summed E-state index contributed by atoms with van der Waals surface area (Å²) in [5, 5.41) is 5.77. The van der Waals surface area contributed by atoms with E-state index < -0.39 is 0 Å². The number of rotatable bonds is 4. The molecule has 4 heteroatoms. The Labute approximate surface area is 111 Å². The number of oxazole rings is 1. The third-order valence-electron chi connectivity index (χ3n) is 3.50. The summed E-state index contributed by atoms with van der Waals surface area (Å²) >= 11 is 1.88. The van der Waals surface area contributed by atoms with Crippen LogP contribution >= 0.6 is 11.3 Å². The van der Waals surface area contributed by atoms with E-state index >= 15 is 0 Å². The van der Waals surface area contributed by atoms with Crippen molar-refractivity contribution in [3.05, 3.63) is 39.7 Å². The van der Waals surface area contributed by atoms with Crippen LogP contribution < -0.4 is 5.32 Å². The highest BCUT2D eigenvalue weighted by Crippen LogP contribution is 2.33. The van der Waals surface area contributed by atoms with E-state index in [9.17, 15) is 0 Å². The Morgan fingerprint density at radius 1 is 1.56 bits per heavy atom. The van der Waals surface area contributed by atoms with E-state index in [2.05, 4.69) is 28.7 Å². The van der Waals surface area contributed by atoms with Gasteiger partial charge in [-0.1, -0.05) is 6.92 Å². The van der Waals surface area contributed by atoms with Gasteiger partial charge in [-0.15, -0.1) is 11.3 Å². The summed E-state index contributed by atoms with van der Waals surface area (Å²) in [6.45, 7) is 2.80. The smallest absolute Gasteiger partial charge is 0.208 e. The lowest BCUT2D eigenvalue weighted by molar-refractivity contribution is 0.398. The fraction of sp³-hybridized carbons (Fsp3) is 0.500. The van der Waals surface area contributed by atoms with Crippen LogP contribution in [-0.2, 0) is 19.4 Å². The van der Waals surface area contributed by atoms with Gasteiger partial charge >= 0.3 is 0 Å². The molecule has 0 saturated heterocycles. The first-order chi connectivity index (χ1) is 8.86. The van der Waals surface area contributed by atoms with Crippen molar-refractivity contribution >= 4 is 11.3 Å². The molecule has 2 aromatic heterocycles. The Bertz CT molecular complexity index is 517. The summed E-state index contributed by atoms with van der Waals surface area (Å²) in [6.07, 6.45) is 6.46. The third kappa shape index (κ3) is 2.35. The summed E-state index contributed by atoms with van der Waals surface area (Å²) in [7, 11) is 0. The molecule has 1 unspecified atom stereocenters. The average molecular weight is 262 g/mol. The molecule has 2 heterocycles. The molecule has 1 N–H and O–H groups in total. The first-order valence-corrected chi connectivity index (χ1v) is 7.48. The minimum absolute atomic E-state index is 0.469. The van der Waals surface area contributed by atoms with Crippen LogP contribution in [0, 0.1) is 0 Å². The zero-order valence-electron chi connectivity index (χ0n) is 10.6. The standard InChI is InChI=1S/C14H18N2OS/c1-2-10-8-16-14(17-10)9-15-12-4-3-5-13-11(12)6-7-18-13/h6-8,12,15H,2-5,9H2,1H3. The molecule has 0 aromatic carbocycles. The summed E-state index contributed by atoms with van der Waals surface area (Å²) in [6, 6.07) is 2.72. The lowest BCUT2D eigenvalue weighted by Gasteiger charge is -2.23. The van der Waals surface area contributed by atoms with Crippen molar-refractivity contribution in [2.75, 3.05) is 0 Å². The van der Waals surface area contributed by atoms with E-state index in [0.29, 0.717) is 6.04 Å². The first-order valence-electron chi connectivity index (χ1n) is 6.60. The van der Waals surface area contributed by atoms with Crippen LogP contribution in [0.25, 0.3) is 0 Å². The van der Waals surface area contributed by atoms with E-state index in [1.807, 2.05) is 17.5 Å². The molecule has 0 bridgehead atoms. The molecule has 0 saturated carbocycles. The highest BCUT2D eigenvalue weighted by Gasteiger charge is 2.20. The summed E-state index contributed by atoms with van der Waals surface area (Å²) < 4.78 is 5.62. The van der Waals surface area contributed by atoms with Gasteiger partial charge in [0, 0.05) is 17.3 Å². The molecule has 1 aliphatic carbocycles. The van der Waals surface area contributed by atoms with Crippen LogP contribution in [0.3, 0.4) is 0 Å². The Hall–Kier alpha value is -1.13. The molecule has 3 nitrogen and oxygen atoms in total. The number of thiophene rings is 1. The molecular weight excluding hydrogens is 244 g/mol. The van der Waals surface area contributed by atoms with Gasteiger partial charge < -0.3 is 9.73 Å². The molecule has 0 amide bonds. The minimum Gasteiger partial charge on any atom is -0.444 e. The second-order valence-electron chi connectivity index (χ2n) is 4.70. The Balaban J connectivity index is 1.64. The Morgan fingerprint density at radius 3 is 3.33 bits per heavy atom. The van der Waals surface area contributed by atoms with Crippen molar-refractivity contribution in [1.29, 1.82) is 0 Å². The summed E-state index contributed by atoms with van der Waals surface area (Å²) in [5.41, 5.74) is 1.48. The number of hydrogen-bond donors (Lipinski definition) is 1. The van der Waals surface area contributed by atoms with E-state index in [0.717, 1.165) is 24.6 Å². The van der Waals surface area contributed by atoms with Gasteiger partial charge in [0.15, 0.2) is 0 Å². The van der Waals surface area contributed by atoms with Crippen LogP contribution in [-0.4, -0.2) is 4.98 Å². The van der Waals surface area contributed by atoms with E-state index in [-0.39, 0.29) is 0 Å². The number of nitrogens with one attached hydrogen (secondary N) is 1. The summed E-state index contributed by atoms with van der Waals surface area (Å²) in [4.78, 5) is 5.83. The number of aryl methyl sites for hydroxylation is 2. The maximum atomic E-state index is 5.62. The maximum Gasteiger partial charge on any atom is 0.208 e. The first kappa shape index (κ1) is 11.9. The second kappa shape index (κ2) is 5.24. The van der Waals surface area contributed by atoms with Crippen molar-refractivity contribution in [2.24, 2.45) is 0 Å². The van der Waals surface area contributed by atoms with Gasteiger partial charge in [0.25, 0.3) is 0 Å². The SMILES string of the molecule is CCc1cnc(CNC2CCCc3sccc32)o1. The Morgan fingerprint density at radius 2 is 2.50 bits per heavy atom. The predicted octanol–water partition coefficient (Wildman–Crippen LogP) is 3.47. The van der Waals surface area contributed by atoms with Crippen molar-refractivity contribution in [3.8, 4) is 0 Å². The molecule has 1 aliphatic rings. The van der Waals surface area contributed by atoms with E-state index in [1.165, 1.54) is 24.8 Å². The highest BCUT2D eigenvalue weighted by molar-refractivity contribution is 7.10. The molecule has 2 aromatic rings.